The fourth-order valence-electron chi connectivity index (χ4n) is 1.60. The number of rotatable bonds is 2. The molecule has 3 nitrogen and oxygen atoms in total. The first-order valence-corrected chi connectivity index (χ1v) is 4.82. The van der Waals surface area contributed by atoms with Crippen LogP contribution in [0.25, 0.3) is 0 Å². The normalized spacial score (nSPS) is 19.5. The second kappa shape index (κ2) is 2.67. The number of hydrogen-bond acceptors (Lipinski definition) is 3. The third-order valence-electron chi connectivity index (χ3n) is 2.40. The molecular weight excluding hydrogens is 188 g/mol. The van der Waals surface area contributed by atoms with Crippen molar-refractivity contribution < 1.29 is 14.7 Å². The van der Waals surface area contributed by atoms with Gasteiger partial charge in [-0.15, -0.1) is 11.3 Å². The van der Waals surface area contributed by atoms with Gasteiger partial charge in [0.25, 0.3) is 0 Å². The predicted octanol–water partition coefficient (Wildman–Crippen LogP) is 1.43. The highest BCUT2D eigenvalue weighted by Crippen LogP contribution is 2.43. The summed E-state index contributed by atoms with van der Waals surface area (Å²) in [5.41, 5.74) is -0.898. The number of aliphatic carboxylic acids is 1. The van der Waals surface area contributed by atoms with Crippen LogP contribution in [0.4, 0.5) is 0 Å². The van der Waals surface area contributed by atoms with Crippen LogP contribution in [0.1, 0.15) is 17.7 Å². The summed E-state index contributed by atoms with van der Waals surface area (Å²) in [4.78, 5) is 22.6. The predicted molar refractivity (Wildman–Crippen MR) is 47.9 cm³/mol. The Kier molecular flexibility index (Phi) is 1.73. The molecule has 0 unspecified atom stereocenters. The first-order valence-electron chi connectivity index (χ1n) is 3.94. The number of hydrogen-bond donors (Lipinski definition) is 1. The first-order chi connectivity index (χ1) is 6.15. The average molecular weight is 196 g/mol. The van der Waals surface area contributed by atoms with E-state index in [0.717, 1.165) is 4.88 Å². The van der Waals surface area contributed by atoms with Crippen molar-refractivity contribution in [2.24, 2.45) is 0 Å². The number of thiophene rings is 1. The van der Waals surface area contributed by atoms with Gasteiger partial charge < -0.3 is 5.11 Å². The molecule has 1 aliphatic rings. The Morgan fingerprint density at radius 2 is 2.23 bits per heavy atom. The van der Waals surface area contributed by atoms with Crippen LogP contribution in [-0.2, 0) is 15.0 Å². The van der Waals surface area contributed by atoms with Crippen molar-refractivity contribution in [1.82, 2.24) is 0 Å². The Morgan fingerprint density at radius 1 is 1.54 bits per heavy atom. The monoisotopic (exact) mass is 196 g/mol. The van der Waals surface area contributed by atoms with E-state index in [2.05, 4.69) is 0 Å². The smallest absolute Gasteiger partial charge is 0.315 e. The highest BCUT2D eigenvalue weighted by atomic mass is 32.1. The standard InChI is InChI=1S/C9H8O3S/c10-6-4-9(5-6,8(11)12)7-2-1-3-13-7/h1-3H,4-5H2,(H,11,12). The molecule has 13 heavy (non-hydrogen) atoms. The molecule has 1 aromatic heterocycles. The summed E-state index contributed by atoms with van der Waals surface area (Å²) in [5.74, 6) is -0.842. The Labute approximate surface area is 79.0 Å². The number of carboxylic acid groups (broad SMARTS) is 1. The molecule has 4 heteroatoms. The van der Waals surface area contributed by atoms with Crippen LogP contribution in [0.15, 0.2) is 17.5 Å². The Hall–Kier alpha value is -1.16. The summed E-state index contributed by atoms with van der Waals surface area (Å²) in [5, 5.41) is 10.9. The molecular formula is C9H8O3S. The molecule has 1 N–H and O–H groups in total. The molecule has 0 saturated heterocycles. The van der Waals surface area contributed by atoms with Crippen LogP contribution in [0.5, 0.6) is 0 Å². The minimum Gasteiger partial charge on any atom is -0.481 e. The summed E-state index contributed by atoms with van der Waals surface area (Å²) < 4.78 is 0. The van der Waals surface area contributed by atoms with Crippen molar-refractivity contribution in [2.45, 2.75) is 18.3 Å². The molecule has 1 fully saturated rings. The van der Waals surface area contributed by atoms with E-state index in [-0.39, 0.29) is 18.6 Å². The van der Waals surface area contributed by atoms with Crippen molar-refractivity contribution >= 4 is 23.1 Å². The van der Waals surface area contributed by atoms with E-state index in [9.17, 15) is 9.59 Å². The van der Waals surface area contributed by atoms with Gasteiger partial charge in [-0.1, -0.05) is 6.07 Å². The molecule has 0 amide bonds. The van der Waals surface area contributed by atoms with Gasteiger partial charge in [0.05, 0.1) is 0 Å². The molecule has 1 saturated carbocycles. The quantitative estimate of drug-likeness (QED) is 0.778. The Morgan fingerprint density at radius 3 is 2.62 bits per heavy atom. The number of carbonyl (C=O) groups is 2. The zero-order chi connectivity index (χ0) is 9.47. The third kappa shape index (κ3) is 1.09. The van der Waals surface area contributed by atoms with E-state index in [0.29, 0.717) is 0 Å². The van der Waals surface area contributed by atoms with Crippen LogP contribution in [-0.4, -0.2) is 16.9 Å². The fourth-order valence-corrected chi connectivity index (χ4v) is 2.52. The lowest BCUT2D eigenvalue weighted by atomic mass is 9.67. The lowest BCUT2D eigenvalue weighted by Gasteiger charge is -2.35. The van der Waals surface area contributed by atoms with Crippen molar-refractivity contribution in [3.63, 3.8) is 0 Å². The minimum absolute atomic E-state index is 0.0378. The molecule has 1 aromatic rings. The summed E-state index contributed by atoms with van der Waals surface area (Å²) >= 11 is 1.40. The van der Waals surface area contributed by atoms with Crippen molar-refractivity contribution in [1.29, 1.82) is 0 Å². The third-order valence-corrected chi connectivity index (χ3v) is 3.47. The molecule has 0 atom stereocenters. The maximum Gasteiger partial charge on any atom is 0.315 e. The Bertz CT molecular complexity index is 345. The van der Waals surface area contributed by atoms with E-state index in [1.807, 2.05) is 11.4 Å². The molecule has 0 spiro atoms. The van der Waals surface area contributed by atoms with Gasteiger partial charge in [0.1, 0.15) is 11.2 Å². The second-order valence-electron chi connectivity index (χ2n) is 3.26. The van der Waals surface area contributed by atoms with Crippen molar-refractivity contribution in [3.8, 4) is 0 Å². The maximum atomic E-state index is 11.0. The van der Waals surface area contributed by atoms with E-state index >= 15 is 0 Å². The zero-order valence-corrected chi connectivity index (χ0v) is 7.63. The topological polar surface area (TPSA) is 54.4 Å². The lowest BCUT2D eigenvalue weighted by Crippen LogP contribution is -2.47. The van der Waals surface area contributed by atoms with Gasteiger partial charge in [-0.2, -0.15) is 0 Å². The van der Waals surface area contributed by atoms with Crippen LogP contribution in [0, 0.1) is 0 Å². The number of Topliss-reactive ketones (excluding diaryl/α,β-unsaturated/α-hetero) is 1. The van der Waals surface area contributed by atoms with Gasteiger partial charge in [0.2, 0.25) is 0 Å². The van der Waals surface area contributed by atoms with Crippen LogP contribution in [0.2, 0.25) is 0 Å². The average Bonchev–Trinajstić information content (AvgIpc) is 2.49. The highest BCUT2D eigenvalue weighted by molar-refractivity contribution is 7.10. The van der Waals surface area contributed by atoms with Gasteiger partial charge in [-0.25, -0.2) is 0 Å². The molecule has 0 aliphatic heterocycles. The second-order valence-corrected chi connectivity index (χ2v) is 4.20. The molecule has 0 bridgehead atoms. The van der Waals surface area contributed by atoms with Crippen molar-refractivity contribution in [2.75, 3.05) is 0 Å². The van der Waals surface area contributed by atoms with E-state index in [1.165, 1.54) is 11.3 Å². The number of carboxylic acids is 1. The molecule has 68 valence electrons. The van der Waals surface area contributed by atoms with Gasteiger partial charge in [-0.05, 0) is 11.4 Å². The molecule has 1 aliphatic carbocycles. The van der Waals surface area contributed by atoms with Crippen LogP contribution < -0.4 is 0 Å². The van der Waals surface area contributed by atoms with E-state index in [4.69, 9.17) is 5.11 Å². The largest absolute Gasteiger partial charge is 0.481 e. The first kappa shape index (κ1) is 8.44. The summed E-state index contributed by atoms with van der Waals surface area (Å²) in [6.07, 6.45) is 0.311. The highest BCUT2D eigenvalue weighted by Gasteiger charge is 2.52. The Balaban J connectivity index is 2.37. The van der Waals surface area contributed by atoms with Crippen LogP contribution >= 0.6 is 11.3 Å². The molecule has 2 rings (SSSR count). The minimum atomic E-state index is -0.898. The SMILES string of the molecule is O=C1CC(C(=O)O)(c2cccs2)C1. The molecule has 1 heterocycles. The summed E-state index contributed by atoms with van der Waals surface area (Å²) in [6, 6.07) is 3.60. The van der Waals surface area contributed by atoms with E-state index < -0.39 is 11.4 Å². The van der Waals surface area contributed by atoms with Gasteiger partial charge in [0, 0.05) is 17.7 Å². The zero-order valence-electron chi connectivity index (χ0n) is 6.82. The number of carbonyl (C=O) groups excluding carboxylic acids is 1. The maximum absolute atomic E-state index is 11.0. The lowest BCUT2D eigenvalue weighted by molar-refractivity contribution is -0.153. The molecule has 0 aromatic carbocycles. The van der Waals surface area contributed by atoms with Gasteiger partial charge in [-0.3, -0.25) is 9.59 Å². The van der Waals surface area contributed by atoms with Crippen LogP contribution in [0.3, 0.4) is 0 Å². The molecule has 0 radical (unpaired) electrons. The van der Waals surface area contributed by atoms with E-state index in [1.54, 1.807) is 6.07 Å². The van der Waals surface area contributed by atoms with Gasteiger partial charge >= 0.3 is 5.97 Å². The summed E-state index contributed by atoms with van der Waals surface area (Å²) in [7, 11) is 0. The van der Waals surface area contributed by atoms with Crippen molar-refractivity contribution in [3.05, 3.63) is 22.4 Å². The number of ketones is 1. The fraction of sp³-hybridized carbons (Fsp3) is 0.333. The summed E-state index contributed by atoms with van der Waals surface area (Å²) in [6.45, 7) is 0. The van der Waals surface area contributed by atoms with Gasteiger partial charge in [0.15, 0.2) is 0 Å².